The number of rotatable bonds is 4. The Hall–Kier alpha value is -1.81. The Morgan fingerprint density at radius 3 is 2.75 bits per heavy atom. The van der Waals surface area contributed by atoms with Gasteiger partial charge in [0.2, 0.25) is 5.91 Å². The average molecular weight is 340 g/mol. The highest BCUT2D eigenvalue weighted by Gasteiger charge is 2.34. The van der Waals surface area contributed by atoms with Crippen LogP contribution in [0.15, 0.2) is 36.7 Å². The molecule has 0 saturated carbocycles. The Labute approximate surface area is 148 Å². The molecule has 0 aliphatic carbocycles. The summed E-state index contributed by atoms with van der Waals surface area (Å²) in [5.74, 6) is 1.24. The summed E-state index contributed by atoms with van der Waals surface area (Å²) >= 11 is 1.71. The molecule has 0 bridgehead atoms. The summed E-state index contributed by atoms with van der Waals surface area (Å²) < 4.78 is 0. The van der Waals surface area contributed by atoms with E-state index in [0.29, 0.717) is 11.7 Å². The number of hydrogen-bond acceptors (Lipinski definition) is 3. The summed E-state index contributed by atoms with van der Waals surface area (Å²) in [6.07, 6.45) is 3.76. The molecule has 0 N–H and O–H groups in total. The van der Waals surface area contributed by atoms with E-state index in [0.717, 1.165) is 12.1 Å². The standard InChI is InChI=1S/C20H24N2OS/c1-13(2)11-22-19(23)12-24-20(22)18-10-21-8-7-17(18)16-6-5-14(3)15(4)9-16/h5-10,13,20H,11-12H2,1-4H3. The van der Waals surface area contributed by atoms with E-state index >= 15 is 0 Å². The maximum Gasteiger partial charge on any atom is 0.233 e. The molecule has 1 aromatic heterocycles. The van der Waals surface area contributed by atoms with Crippen LogP contribution in [0.2, 0.25) is 0 Å². The molecule has 0 radical (unpaired) electrons. The van der Waals surface area contributed by atoms with E-state index < -0.39 is 0 Å². The fourth-order valence-corrected chi connectivity index (χ4v) is 4.30. The fraction of sp³-hybridized carbons (Fsp3) is 0.400. The molecule has 126 valence electrons. The van der Waals surface area contributed by atoms with Crippen LogP contribution >= 0.6 is 11.8 Å². The van der Waals surface area contributed by atoms with Crippen molar-refractivity contribution in [3.63, 3.8) is 0 Å². The summed E-state index contributed by atoms with van der Waals surface area (Å²) in [6.45, 7) is 9.36. The summed E-state index contributed by atoms with van der Waals surface area (Å²) in [4.78, 5) is 18.7. The van der Waals surface area contributed by atoms with Gasteiger partial charge < -0.3 is 4.90 Å². The molecule has 24 heavy (non-hydrogen) atoms. The number of carbonyl (C=O) groups is 1. The van der Waals surface area contributed by atoms with Crippen LogP contribution in [0.3, 0.4) is 0 Å². The molecule has 2 aromatic rings. The van der Waals surface area contributed by atoms with Crippen molar-refractivity contribution in [2.45, 2.75) is 33.1 Å². The van der Waals surface area contributed by atoms with Crippen molar-refractivity contribution in [3.8, 4) is 11.1 Å². The van der Waals surface area contributed by atoms with E-state index in [9.17, 15) is 4.79 Å². The monoisotopic (exact) mass is 340 g/mol. The number of aromatic nitrogens is 1. The highest BCUT2D eigenvalue weighted by molar-refractivity contribution is 8.00. The number of pyridine rings is 1. The number of thioether (sulfide) groups is 1. The molecular weight excluding hydrogens is 316 g/mol. The number of aryl methyl sites for hydroxylation is 2. The van der Waals surface area contributed by atoms with E-state index in [4.69, 9.17) is 0 Å². The van der Waals surface area contributed by atoms with Crippen molar-refractivity contribution < 1.29 is 4.79 Å². The molecule has 3 nitrogen and oxygen atoms in total. The quantitative estimate of drug-likeness (QED) is 0.816. The van der Waals surface area contributed by atoms with Gasteiger partial charge in [0.15, 0.2) is 0 Å². The molecule has 1 atom stereocenters. The third-order valence-corrected chi connectivity index (χ3v) is 5.70. The lowest BCUT2D eigenvalue weighted by molar-refractivity contribution is -0.128. The van der Waals surface area contributed by atoms with Gasteiger partial charge in [0, 0.05) is 24.5 Å². The number of benzene rings is 1. The smallest absolute Gasteiger partial charge is 0.233 e. The Kier molecular flexibility index (Phi) is 4.95. The van der Waals surface area contributed by atoms with Crippen molar-refractivity contribution >= 4 is 17.7 Å². The van der Waals surface area contributed by atoms with Crippen LogP contribution in [0, 0.1) is 19.8 Å². The molecule has 1 aromatic carbocycles. The lowest BCUT2D eigenvalue weighted by Gasteiger charge is -2.27. The van der Waals surface area contributed by atoms with Gasteiger partial charge in [-0.05, 0) is 48.1 Å². The first-order chi connectivity index (χ1) is 11.5. The third kappa shape index (κ3) is 3.34. The highest BCUT2D eigenvalue weighted by atomic mass is 32.2. The first kappa shape index (κ1) is 17.0. The Morgan fingerprint density at radius 1 is 1.25 bits per heavy atom. The molecule has 1 aliphatic heterocycles. The normalized spacial score (nSPS) is 17.8. The predicted molar refractivity (Wildman–Crippen MR) is 101 cm³/mol. The topological polar surface area (TPSA) is 33.2 Å². The predicted octanol–water partition coefficient (Wildman–Crippen LogP) is 4.60. The zero-order valence-corrected chi connectivity index (χ0v) is 15.6. The van der Waals surface area contributed by atoms with Crippen LogP contribution < -0.4 is 0 Å². The molecular formula is C20H24N2OS. The van der Waals surface area contributed by atoms with Crippen molar-refractivity contribution in [1.82, 2.24) is 9.88 Å². The van der Waals surface area contributed by atoms with Crippen molar-refractivity contribution in [3.05, 3.63) is 53.3 Å². The maximum absolute atomic E-state index is 12.3. The number of hydrogen-bond donors (Lipinski definition) is 0. The van der Waals surface area contributed by atoms with Gasteiger partial charge >= 0.3 is 0 Å². The second kappa shape index (κ2) is 6.98. The average Bonchev–Trinajstić information content (AvgIpc) is 2.90. The van der Waals surface area contributed by atoms with Gasteiger partial charge in [0.1, 0.15) is 5.37 Å². The first-order valence-corrected chi connectivity index (χ1v) is 9.45. The third-order valence-electron chi connectivity index (χ3n) is 4.47. The lowest BCUT2D eigenvalue weighted by atomic mass is 9.97. The minimum absolute atomic E-state index is 0.0604. The van der Waals surface area contributed by atoms with Crippen LogP contribution in [0.1, 0.15) is 35.9 Å². The minimum Gasteiger partial charge on any atom is -0.325 e. The number of carbonyl (C=O) groups excluding carboxylic acids is 1. The van der Waals surface area contributed by atoms with E-state index in [2.05, 4.69) is 56.9 Å². The van der Waals surface area contributed by atoms with Gasteiger partial charge in [-0.2, -0.15) is 0 Å². The SMILES string of the molecule is Cc1ccc(-c2ccncc2C2SCC(=O)N2CC(C)C)cc1C. The Bertz CT molecular complexity index is 757. The van der Waals surface area contributed by atoms with Crippen molar-refractivity contribution in [2.75, 3.05) is 12.3 Å². The Balaban J connectivity index is 2.02. The Morgan fingerprint density at radius 2 is 2.04 bits per heavy atom. The van der Waals surface area contributed by atoms with Gasteiger partial charge in [0.05, 0.1) is 5.75 Å². The molecule has 1 aliphatic rings. The second-order valence-electron chi connectivity index (χ2n) is 6.87. The van der Waals surface area contributed by atoms with Gasteiger partial charge in [-0.15, -0.1) is 11.8 Å². The first-order valence-electron chi connectivity index (χ1n) is 8.40. The van der Waals surface area contributed by atoms with Gasteiger partial charge in [-0.1, -0.05) is 32.0 Å². The molecule has 0 spiro atoms. The molecule has 1 saturated heterocycles. The molecule has 4 heteroatoms. The fourth-order valence-electron chi connectivity index (χ4n) is 3.08. The number of amides is 1. The largest absolute Gasteiger partial charge is 0.325 e. The number of nitrogens with zero attached hydrogens (tertiary/aromatic N) is 2. The van der Waals surface area contributed by atoms with Crippen LogP contribution in [-0.4, -0.2) is 28.1 Å². The molecule has 2 heterocycles. The summed E-state index contributed by atoms with van der Waals surface area (Å²) in [6, 6.07) is 8.61. The zero-order valence-electron chi connectivity index (χ0n) is 14.7. The molecule has 3 rings (SSSR count). The van der Waals surface area contributed by atoms with E-state index in [-0.39, 0.29) is 11.3 Å². The summed E-state index contributed by atoms with van der Waals surface area (Å²) in [5.41, 5.74) is 6.08. The maximum atomic E-state index is 12.3. The minimum atomic E-state index is 0.0604. The van der Waals surface area contributed by atoms with Gasteiger partial charge in [-0.25, -0.2) is 0 Å². The molecule has 1 amide bonds. The van der Waals surface area contributed by atoms with Crippen LogP contribution in [0.5, 0.6) is 0 Å². The summed E-state index contributed by atoms with van der Waals surface area (Å²) in [7, 11) is 0. The van der Waals surface area contributed by atoms with Crippen molar-refractivity contribution in [2.24, 2.45) is 5.92 Å². The van der Waals surface area contributed by atoms with Crippen molar-refractivity contribution in [1.29, 1.82) is 0 Å². The zero-order chi connectivity index (χ0) is 17.3. The van der Waals surface area contributed by atoms with Crippen LogP contribution in [0.25, 0.3) is 11.1 Å². The highest BCUT2D eigenvalue weighted by Crippen LogP contribution is 2.42. The van der Waals surface area contributed by atoms with Crippen LogP contribution in [0.4, 0.5) is 0 Å². The lowest BCUT2D eigenvalue weighted by Crippen LogP contribution is -2.31. The van der Waals surface area contributed by atoms with Gasteiger partial charge in [-0.3, -0.25) is 9.78 Å². The van der Waals surface area contributed by atoms with E-state index in [1.807, 2.05) is 17.3 Å². The molecule has 1 fully saturated rings. The van der Waals surface area contributed by atoms with E-state index in [1.165, 1.54) is 22.3 Å². The summed E-state index contributed by atoms with van der Waals surface area (Å²) in [5, 5.41) is 0.0604. The van der Waals surface area contributed by atoms with Gasteiger partial charge in [0.25, 0.3) is 0 Å². The van der Waals surface area contributed by atoms with Crippen LogP contribution in [-0.2, 0) is 4.79 Å². The van der Waals surface area contributed by atoms with E-state index in [1.54, 1.807) is 11.8 Å². The molecule has 1 unspecified atom stereocenters. The second-order valence-corrected chi connectivity index (χ2v) is 7.93.